The summed E-state index contributed by atoms with van der Waals surface area (Å²) in [6.07, 6.45) is 0.898. The quantitative estimate of drug-likeness (QED) is 0.247. The number of hydrogen-bond donors (Lipinski definition) is 2. The Balaban J connectivity index is 0.00000512. The Labute approximate surface area is 213 Å². The minimum Gasteiger partial charge on any atom is -0.375 e. The molecule has 0 bridgehead atoms. The van der Waals surface area contributed by atoms with Gasteiger partial charge in [0.05, 0.1) is 18.8 Å². The fourth-order valence-electron chi connectivity index (χ4n) is 2.86. The Kier molecular flexibility index (Phi) is 12.8. The number of rotatable bonds is 10. The molecule has 0 spiro atoms. The molecule has 7 nitrogen and oxygen atoms in total. The average Bonchev–Trinajstić information content (AvgIpc) is 3.24. The van der Waals surface area contributed by atoms with Gasteiger partial charge in [-0.05, 0) is 44.9 Å². The van der Waals surface area contributed by atoms with Crippen LogP contribution in [0.4, 0.5) is 0 Å². The van der Waals surface area contributed by atoms with E-state index >= 15 is 0 Å². The highest BCUT2D eigenvalue weighted by atomic mass is 127. The molecule has 2 N–H and O–H groups in total. The van der Waals surface area contributed by atoms with E-state index in [1.54, 1.807) is 18.4 Å². The SMILES string of the molecule is CCNC(=NCc1cccc(C(=O)NC(C)CC)c1)N(C)Cc1csc(C(C)OC)n1.I. The fraction of sp³-hybridized carbons (Fsp3) is 0.522. The fourth-order valence-corrected chi connectivity index (χ4v) is 3.70. The Morgan fingerprint density at radius 3 is 2.72 bits per heavy atom. The molecule has 2 aromatic rings. The van der Waals surface area contributed by atoms with Crippen molar-refractivity contribution in [1.82, 2.24) is 20.5 Å². The van der Waals surface area contributed by atoms with Crippen LogP contribution in [0, 0.1) is 0 Å². The van der Waals surface area contributed by atoms with Crippen molar-refractivity contribution in [2.75, 3.05) is 20.7 Å². The first-order chi connectivity index (χ1) is 14.9. The monoisotopic (exact) mass is 573 g/mol. The molecule has 0 aliphatic carbocycles. The number of nitrogens with zero attached hydrogens (tertiary/aromatic N) is 3. The first-order valence-electron chi connectivity index (χ1n) is 10.7. The van der Waals surface area contributed by atoms with Crippen molar-refractivity contribution >= 4 is 47.2 Å². The van der Waals surface area contributed by atoms with E-state index in [1.165, 1.54) is 0 Å². The summed E-state index contributed by atoms with van der Waals surface area (Å²) in [6.45, 7) is 10.0. The Hall–Kier alpha value is -1.72. The van der Waals surface area contributed by atoms with Gasteiger partial charge in [-0.2, -0.15) is 0 Å². The second kappa shape index (κ2) is 14.4. The number of aromatic nitrogens is 1. The van der Waals surface area contributed by atoms with Crippen LogP contribution in [-0.2, 0) is 17.8 Å². The number of nitrogens with one attached hydrogen (secondary N) is 2. The van der Waals surface area contributed by atoms with Crippen LogP contribution in [0.15, 0.2) is 34.6 Å². The van der Waals surface area contributed by atoms with Gasteiger partial charge in [-0.1, -0.05) is 19.1 Å². The highest BCUT2D eigenvalue weighted by Crippen LogP contribution is 2.21. The Morgan fingerprint density at radius 1 is 1.31 bits per heavy atom. The number of carbonyl (C=O) groups excluding carboxylic acids is 1. The van der Waals surface area contributed by atoms with E-state index in [0.717, 1.165) is 35.2 Å². The van der Waals surface area contributed by atoms with E-state index in [1.807, 2.05) is 52.1 Å². The lowest BCUT2D eigenvalue weighted by atomic mass is 10.1. The molecule has 0 saturated carbocycles. The van der Waals surface area contributed by atoms with E-state index in [4.69, 9.17) is 9.73 Å². The smallest absolute Gasteiger partial charge is 0.251 e. The summed E-state index contributed by atoms with van der Waals surface area (Å²) >= 11 is 1.61. The molecule has 0 fully saturated rings. The third kappa shape index (κ3) is 8.67. The van der Waals surface area contributed by atoms with E-state index in [-0.39, 0.29) is 42.0 Å². The van der Waals surface area contributed by atoms with Crippen molar-refractivity contribution in [3.63, 3.8) is 0 Å². The molecule has 1 aromatic carbocycles. The Bertz CT molecular complexity index is 874. The van der Waals surface area contributed by atoms with Crippen LogP contribution < -0.4 is 10.6 Å². The van der Waals surface area contributed by atoms with Crippen molar-refractivity contribution in [1.29, 1.82) is 0 Å². The molecule has 178 valence electrons. The van der Waals surface area contributed by atoms with Gasteiger partial charge >= 0.3 is 0 Å². The molecule has 32 heavy (non-hydrogen) atoms. The van der Waals surface area contributed by atoms with Gasteiger partial charge in [0.15, 0.2) is 5.96 Å². The van der Waals surface area contributed by atoms with Crippen LogP contribution >= 0.6 is 35.3 Å². The largest absolute Gasteiger partial charge is 0.375 e. The predicted octanol–water partition coefficient (Wildman–Crippen LogP) is 4.59. The van der Waals surface area contributed by atoms with Crippen molar-refractivity contribution in [3.8, 4) is 0 Å². The molecule has 0 aliphatic rings. The first kappa shape index (κ1) is 28.3. The lowest BCUT2D eigenvalue weighted by molar-refractivity contribution is 0.0939. The molecule has 2 rings (SSSR count). The average molecular weight is 574 g/mol. The van der Waals surface area contributed by atoms with Gasteiger partial charge in [0.1, 0.15) is 11.1 Å². The highest BCUT2D eigenvalue weighted by molar-refractivity contribution is 14.0. The Morgan fingerprint density at radius 2 is 2.06 bits per heavy atom. The van der Waals surface area contributed by atoms with Gasteiger partial charge in [-0.15, -0.1) is 35.3 Å². The molecule has 0 aliphatic heterocycles. The summed E-state index contributed by atoms with van der Waals surface area (Å²) < 4.78 is 5.35. The maximum absolute atomic E-state index is 12.4. The number of methoxy groups -OCH3 is 1. The van der Waals surface area contributed by atoms with Crippen molar-refractivity contribution < 1.29 is 9.53 Å². The molecular weight excluding hydrogens is 537 g/mol. The van der Waals surface area contributed by atoms with Gasteiger partial charge < -0.3 is 20.3 Å². The number of guanidine groups is 1. The number of halogens is 1. The molecule has 0 saturated heterocycles. The zero-order chi connectivity index (χ0) is 22.8. The number of hydrogen-bond acceptors (Lipinski definition) is 5. The van der Waals surface area contributed by atoms with Crippen molar-refractivity contribution in [2.24, 2.45) is 4.99 Å². The van der Waals surface area contributed by atoms with E-state index in [0.29, 0.717) is 18.7 Å². The zero-order valence-electron chi connectivity index (χ0n) is 19.8. The van der Waals surface area contributed by atoms with Crippen LogP contribution in [0.1, 0.15) is 66.8 Å². The van der Waals surface area contributed by atoms with Gasteiger partial charge in [-0.25, -0.2) is 9.98 Å². The van der Waals surface area contributed by atoms with E-state index in [2.05, 4.69) is 32.8 Å². The summed E-state index contributed by atoms with van der Waals surface area (Å²) in [4.78, 5) is 23.9. The van der Waals surface area contributed by atoms with Crippen LogP contribution in [0.3, 0.4) is 0 Å². The number of ether oxygens (including phenoxy) is 1. The summed E-state index contributed by atoms with van der Waals surface area (Å²) in [6, 6.07) is 7.79. The van der Waals surface area contributed by atoms with E-state index in [9.17, 15) is 4.79 Å². The summed E-state index contributed by atoms with van der Waals surface area (Å²) in [5.74, 6) is 0.750. The third-order valence-corrected chi connectivity index (χ3v) is 6.01. The second-order valence-corrected chi connectivity index (χ2v) is 8.45. The number of aliphatic imine (C=N–C) groups is 1. The molecule has 1 aromatic heterocycles. The van der Waals surface area contributed by atoms with Crippen LogP contribution in [0.2, 0.25) is 0 Å². The third-order valence-electron chi connectivity index (χ3n) is 4.96. The number of thiazole rings is 1. The van der Waals surface area contributed by atoms with Crippen molar-refractivity contribution in [3.05, 3.63) is 51.5 Å². The number of benzene rings is 1. The van der Waals surface area contributed by atoms with Crippen LogP contribution in [0.5, 0.6) is 0 Å². The normalized spacial score (nSPS) is 13.1. The second-order valence-electron chi connectivity index (χ2n) is 7.56. The van der Waals surface area contributed by atoms with Crippen LogP contribution in [0.25, 0.3) is 0 Å². The van der Waals surface area contributed by atoms with Gasteiger partial charge in [0, 0.05) is 37.7 Å². The number of carbonyl (C=O) groups is 1. The van der Waals surface area contributed by atoms with Gasteiger partial charge in [0.25, 0.3) is 5.91 Å². The lowest BCUT2D eigenvalue weighted by Crippen LogP contribution is -2.38. The van der Waals surface area contributed by atoms with Crippen molar-refractivity contribution in [2.45, 2.75) is 59.4 Å². The van der Waals surface area contributed by atoms with Gasteiger partial charge in [0.2, 0.25) is 0 Å². The standard InChI is InChI=1S/C23H35N5O2S.HI/c1-7-16(3)26-21(29)19-11-9-10-18(12-19)13-25-23(24-8-2)28(5)14-20-15-31-22(27-20)17(4)30-6;/h9-12,15-17H,7-8,13-14H2,1-6H3,(H,24,25)(H,26,29);1H. The number of amides is 1. The molecule has 1 amide bonds. The summed E-state index contributed by atoms with van der Waals surface area (Å²) in [5, 5.41) is 9.37. The maximum Gasteiger partial charge on any atom is 0.251 e. The maximum atomic E-state index is 12.4. The topological polar surface area (TPSA) is 78.9 Å². The highest BCUT2D eigenvalue weighted by Gasteiger charge is 2.13. The summed E-state index contributed by atoms with van der Waals surface area (Å²) in [5.41, 5.74) is 2.64. The molecule has 0 radical (unpaired) electrons. The molecule has 1 heterocycles. The minimum absolute atomic E-state index is 0. The van der Waals surface area contributed by atoms with Crippen LogP contribution in [-0.4, -0.2) is 48.5 Å². The molecular formula is C23H36IN5O2S. The van der Waals surface area contributed by atoms with Gasteiger partial charge in [-0.3, -0.25) is 4.79 Å². The zero-order valence-corrected chi connectivity index (χ0v) is 23.0. The molecule has 2 unspecified atom stereocenters. The first-order valence-corrected chi connectivity index (χ1v) is 11.6. The molecule has 9 heteroatoms. The predicted molar refractivity (Wildman–Crippen MR) is 143 cm³/mol. The molecule has 2 atom stereocenters. The summed E-state index contributed by atoms with van der Waals surface area (Å²) in [7, 11) is 3.69. The minimum atomic E-state index is -0.0474. The lowest BCUT2D eigenvalue weighted by Gasteiger charge is -2.21. The van der Waals surface area contributed by atoms with E-state index < -0.39 is 0 Å².